The summed E-state index contributed by atoms with van der Waals surface area (Å²) in [6, 6.07) is 9.31. The van der Waals surface area contributed by atoms with Crippen molar-refractivity contribution in [1.29, 1.82) is 0 Å². The molecule has 142 valence electrons. The van der Waals surface area contributed by atoms with Crippen molar-refractivity contribution in [3.63, 3.8) is 0 Å². The second-order valence-electron chi connectivity index (χ2n) is 6.70. The lowest BCUT2D eigenvalue weighted by molar-refractivity contribution is 0.477. The van der Waals surface area contributed by atoms with E-state index >= 15 is 0 Å². The molecule has 0 amide bonds. The van der Waals surface area contributed by atoms with Crippen LogP contribution in [0, 0.1) is 6.92 Å². The van der Waals surface area contributed by atoms with Gasteiger partial charge in [0.05, 0.1) is 11.4 Å². The van der Waals surface area contributed by atoms with Gasteiger partial charge in [-0.3, -0.25) is 0 Å². The van der Waals surface area contributed by atoms with Crippen molar-refractivity contribution < 1.29 is 8.42 Å². The van der Waals surface area contributed by atoms with Gasteiger partial charge in [0.25, 0.3) is 0 Å². The molecular weight excluding hydrogens is 402 g/mol. The van der Waals surface area contributed by atoms with Gasteiger partial charge < -0.3 is 4.57 Å². The van der Waals surface area contributed by atoms with E-state index in [2.05, 4.69) is 0 Å². The Labute approximate surface area is 168 Å². The maximum atomic E-state index is 13.0. The van der Waals surface area contributed by atoms with Crippen LogP contribution in [0.2, 0.25) is 5.02 Å². The van der Waals surface area contributed by atoms with Gasteiger partial charge in [-0.15, -0.1) is 11.3 Å². The molecule has 0 saturated carbocycles. The first-order valence-electron chi connectivity index (χ1n) is 8.76. The number of hydrogen-bond acceptors (Lipinski definition) is 4. The zero-order chi connectivity index (χ0) is 19.2. The van der Waals surface area contributed by atoms with Crippen molar-refractivity contribution in [1.82, 2.24) is 13.9 Å². The standard InChI is InChI=1S/C19H20ClN3O2S2/c1-13-18(27(24,25)23-8-3-4-9-23)11-17(22(13)2)19-21-16(12-26-19)14-6-5-7-15(20)10-14/h5-7,10-12H,3-4,8-9H2,1-2H3. The average molecular weight is 422 g/mol. The minimum absolute atomic E-state index is 0.376. The van der Waals surface area contributed by atoms with Gasteiger partial charge >= 0.3 is 0 Å². The lowest BCUT2D eigenvalue weighted by Crippen LogP contribution is -2.28. The molecule has 0 N–H and O–H groups in total. The molecular formula is C19H20ClN3O2S2. The van der Waals surface area contributed by atoms with Gasteiger partial charge in [-0.05, 0) is 38.0 Å². The smallest absolute Gasteiger partial charge is 0.244 e. The number of aromatic nitrogens is 2. The number of sulfonamides is 1. The van der Waals surface area contributed by atoms with E-state index in [1.807, 2.05) is 48.2 Å². The summed E-state index contributed by atoms with van der Waals surface area (Å²) >= 11 is 7.58. The predicted octanol–water partition coefficient (Wildman–Crippen LogP) is 4.56. The third kappa shape index (κ3) is 3.33. The monoisotopic (exact) mass is 421 g/mol. The zero-order valence-electron chi connectivity index (χ0n) is 15.1. The van der Waals surface area contributed by atoms with Crippen molar-refractivity contribution in [2.45, 2.75) is 24.7 Å². The Balaban J connectivity index is 1.74. The summed E-state index contributed by atoms with van der Waals surface area (Å²) in [6.45, 7) is 3.04. The maximum Gasteiger partial charge on any atom is 0.244 e. The van der Waals surface area contributed by atoms with Crippen LogP contribution >= 0.6 is 22.9 Å². The lowest BCUT2D eigenvalue weighted by Gasteiger charge is -2.15. The summed E-state index contributed by atoms with van der Waals surface area (Å²) in [5.74, 6) is 0. The molecule has 27 heavy (non-hydrogen) atoms. The highest BCUT2D eigenvalue weighted by atomic mass is 35.5. The summed E-state index contributed by atoms with van der Waals surface area (Å²) in [5.41, 5.74) is 3.32. The molecule has 0 atom stereocenters. The van der Waals surface area contributed by atoms with Gasteiger partial charge in [-0.2, -0.15) is 4.31 Å². The van der Waals surface area contributed by atoms with Crippen molar-refractivity contribution in [2.75, 3.05) is 13.1 Å². The fraction of sp³-hybridized carbons (Fsp3) is 0.316. The van der Waals surface area contributed by atoms with Crippen LogP contribution in [0.15, 0.2) is 40.6 Å². The highest BCUT2D eigenvalue weighted by Crippen LogP contribution is 2.34. The summed E-state index contributed by atoms with van der Waals surface area (Å²) in [7, 11) is -1.58. The van der Waals surface area contributed by atoms with E-state index in [1.165, 1.54) is 11.3 Å². The number of rotatable bonds is 4. The van der Waals surface area contributed by atoms with E-state index in [0.717, 1.165) is 40.5 Å². The van der Waals surface area contributed by atoms with E-state index in [4.69, 9.17) is 16.6 Å². The third-order valence-corrected chi connectivity index (χ3v) is 8.13. The van der Waals surface area contributed by atoms with E-state index in [1.54, 1.807) is 10.4 Å². The Hall–Kier alpha value is -1.67. The highest BCUT2D eigenvalue weighted by molar-refractivity contribution is 7.89. The first-order valence-corrected chi connectivity index (χ1v) is 11.5. The van der Waals surface area contributed by atoms with E-state index in [9.17, 15) is 8.42 Å². The van der Waals surface area contributed by atoms with Gasteiger partial charge in [0, 0.05) is 41.8 Å². The molecule has 3 aromatic rings. The van der Waals surface area contributed by atoms with Gasteiger partial charge in [0.15, 0.2) is 0 Å². The van der Waals surface area contributed by atoms with Gasteiger partial charge in [0.2, 0.25) is 10.0 Å². The molecule has 1 aliphatic heterocycles. The maximum absolute atomic E-state index is 13.0. The molecule has 0 aliphatic carbocycles. The fourth-order valence-electron chi connectivity index (χ4n) is 3.38. The molecule has 3 heterocycles. The second-order valence-corrected chi connectivity index (χ2v) is 9.90. The summed E-state index contributed by atoms with van der Waals surface area (Å²) in [4.78, 5) is 5.09. The van der Waals surface area contributed by atoms with Crippen molar-refractivity contribution in [3.05, 3.63) is 46.4 Å². The summed E-state index contributed by atoms with van der Waals surface area (Å²) in [6.07, 6.45) is 1.85. The molecule has 0 unspecified atom stereocenters. The molecule has 4 rings (SSSR count). The number of hydrogen-bond donors (Lipinski definition) is 0. The molecule has 5 nitrogen and oxygen atoms in total. The highest BCUT2D eigenvalue weighted by Gasteiger charge is 2.31. The van der Waals surface area contributed by atoms with Crippen LogP contribution in [0.5, 0.6) is 0 Å². The molecule has 1 aromatic carbocycles. The van der Waals surface area contributed by atoms with Crippen molar-refractivity contribution in [3.8, 4) is 22.0 Å². The summed E-state index contributed by atoms with van der Waals surface area (Å²) < 4.78 is 29.5. The molecule has 8 heteroatoms. The first-order chi connectivity index (χ1) is 12.9. The third-order valence-electron chi connectivity index (χ3n) is 5.02. The van der Waals surface area contributed by atoms with Gasteiger partial charge in [-0.1, -0.05) is 23.7 Å². The Kier molecular flexibility index (Phi) is 4.88. The molecule has 1 saturated heterocycles. The molecule has 0 spiro atoms. The largest absolute Gasteiger partial charge is 0.345 e. The topological polar surface area (TPSA) is 55.2 Å². The molecule has 2 aromatic heterocycles. The van der Waals surface area contributed by atoms with Crippen molar-refractivity contribution >= 4 is 33.0 Å². The van der Waals surface area contributed by atoms with E-state index < -0.39 is 10.0 Å². The van der Waals surface area contributed by atoms with Crippen LogP contribution < -0.4 is 0 Å². The quantitative estimate of drug-likeness (QED) is 0.620. The van der Waals surface area contributed by atoms with Crippen molar-refractivity contribution in [2.24, 2.45) is 7.05 Å². The Morgan fingerprint density at radius 1 is 1.19 bits per heavy atom. The zero-order valence-corrected chi connectivity index (χ0v) is 17.5. The molecule has 1 aliphatic rings. The van der Waals surface area contributed by atoms with Gasteiger partial charge in [-0.25, -0.2) is 13.4 Å². The predicted molar refractivity (Wildman–Crippen MR) is 110 cm³/mol. The number of nitrogens with zero attached hydrogens (tertiary/aromatic N) is 3. The van der Waals surface area contributed by atoms with Crippen LogP contribution in [0.3, 0.4) is 0 Å². The summed E-state index contributed by atoms with van der Waals surface area (Å²) in [5, 5.41) is 3.42. The Morgan fingerprint density at radius 2 is 1.93 bits per heavy atom. The van der Waals surface area contributed by atoms with Crippen LogP contribution in [0.1, 0.15) is 18.5 Å². The minimum Gasteiger partial charge on any atom is -0.345 e. The number of halogens is 1. The first kappa shape index (κ1) is 18.7. The number of benzene rings is 1. The molecule has 0 radical (unpaired) electrons. The fourth-order valence-corrected chi connectivity index (χ4v) is 6.23. The average Bonchev–Trinajstić information content (AvgIpc) is 3.37. The normalized spacial score (nSPS) is 15.5. The van der Waals surface area contributed by atoms with Crippen LogP contribution in [0.25, 0.3) is 22.0 Å². The number of thiazole rings is 1. The molecule has 1 fully saturated rings. The lowest BCUT2D eigenvalue weighted by atomic mass is 10.2. The SMILES string of the molecule is Cc1c(S(=O)(=O)N2CCCC2)cc(-c2nc(-c3cccc(Cl)c3)cs2)n1C. The van der Waals surface area contributed by atoms with Gasteiger partial charge in [0.1, 0.15) is 9.90 Å². The van der Waals surface area contributed by atoms with E-state index in [0.29, 0.717) is 23.0 Å². The second kappa shape index (κ2) is 7.05. The van der Waals surface area contributed by atoms with Crippen LogP contribution in [0.4, 0.5) is 0 Å². The van der Waals surface area contributed by atoms with Crippen LogP contribution in [-0.2, 0) is 17.1 Å². The Bertz CT molecular complexity index is 1100. The minimum atomic E-state index is -3.46. The molecule has 0 bridgehead atoms. The van der Waals surface area contributed by atoms with E-state index in [-0.39, 0.29) is 0 Å². The van der Waals surface area contributed by atoms with Crippen LogP contribution in [-0.4, -0.2) is 35.4 Å². The Morgan fingerprint density at radius 3 is 2.63 bits per heavy atom.